The summed E-state index contributed by atoms with van der Waals surface area (Å²) in [6.45, 7) is 2.05. The van der Waals surface area contributed by atoms with E-state index in [1.807, 2.05) is 0 Å². The summed E-state index contributed by atoms with van der Waals surface area (Å²) in [7, 11) is 2.07. The summed E-state index contributed by atoms with van der Waals surface area (Å²) < 4.78 is 0. The summed E-state index contributed by atoms with van der Waals surface area (Å²) in [5.41, 5.74) is 5.40. The predicted molar refractivity (Wildman–Crippen MR) is 69.4 cm³/mol. The van der Waals surface area contributed by atoms with E-state index in [9.17, 15) is 10.1 Å². The zero-order valence-corrected chi connectivity index (χ0v) is 10.3. The molecule has 2 rings (SSSR count). The topological polar surface area (TPSA) is 97.3 Å². The number of rotatable bonds is 3. The number of likely N-dealkylation sites (N-methyl/N-ethyl adjacent to an activating group) is 1. The van der Waals surface area contributed by atoms with E-state index in [1.54, 1.807) is 6.07 Å². The number of piperidine rings is 1. The first-order valence-corrected chi connectivity index (χ1v) is 5.92. The number of nitrogens with zero attached hydrogens (tertiary/aromatic N) is 3. The maximum atomic E-state index is 10.6. The van der Waals surface area contributed by atoms with Gasteiger partial charge in [-0.25, -0.2) is 4.98 Å². The van der Waals surface area contributed by atoms with Crippen molar-refractivity contribution >= 4 is 17.3 Å². The van der Waals surface area contributed by atoms with Crippen molar-refractivity contribution in [3.05, 3.63) is 22.2 Å². The largest absolute Gasteiger partial charge is 0.378 e. The number of likely N-dealkylation sites (tertiary alicyclic amines) is 1. The van der Waals surface area contributed by atoms with Crippen molar-refractivity contribution in [2.45, 2.75) is 18.9 Å². The van der Waals surface area contributed by atoms with Crippen LogP contribution in [0.25, 0.3) is 0 Å². The maximum absolute atomic E-state index is 10.6. The van der Waals surface area contributed by atoms with Crippen molar-refractivity contribution < 1.29 is 4.92 Å². The first kappa shape index (κ1) is 12.6. The van der Waals surface area contributed by atoms with E-state index in [-0.39, 0.29) is 11.5 Å². The van der Waals surface area contributed by atoms with Gasteiger partial charge in [-0.15, -0.1) is 0 Å². The van der Waals surface area contributed by atoms with Crippen molar-refractivity contribution in [3.63, 3.8) is 0 Å². The minimum Gasteiger partial charge on any atom is -0.378 e. The van der Waals surface area contributed by atoms with Gasteiger partial charge in [0.1, 0.15) is 5.82 Å². The Bertz CT molecular complexity index is 451. The van der Waals surface area contributed by atoms with Gasteiger partial charge in [0.15, 0.2) is 0 Å². The zero-order chi connectivity index (χ0) is 13.1. The van der Waals surface area contributed by atoms with E-state index >= 15 is 0 Å². The van der Waals surface area contributed by atoms with Crippen LogP contribution < -0.4 is 11.1 Å². The van der Waals surface area contributed by atoms with Crippen LogP contribution in [0, 0.1) is 10.1 Å². The van der Waals surface area contributed by atoms with Gasteiger partial charge >= 0.3 is 5.69 Å². The standard InChI is InChI=1S/C11H17N5O2/c1-15-6-2-3-8(7-15)13-10-5-4-9(16(17)18)11(12)14-10/h4-5,8H,2-3,6-7H2,1H3,(H3,12,13,14). The van der Waals surface area contributed by atoms with Crippen molar-refractivity contribution in [3.8, 4) is 0 Å². The van der Waals surface area contributed by atoms with E-state index in [4.69, 9.17) is 5.73 Å². The highest BCUT2D eigenvalue weighted by molar-refractivity contribution is 5.57. The van der Waals surface area contributed by atoms with Gasteiger partial charge in [0.25, 0.3) is 0 Å². The average molecular weight is 251 g/mol. The van der Waals surface area contributed by atoms with Crippen LogP contribution in [0.5, 0.6) is 0 Å². The Morgan fingerprint density at radius 2 is 2.39 bits per heavy atom. The van der Waals surface area contributed by atoms with Crippen molar-refractivity contribution in [1.82, 2.24) is 9.88 Å². The third-order valence-electron chi connectivity index (χ3n) is 3.08. The minimum atomic E-state index is -0.527. The molecule has 1 unspecified atom stereocenters. The third kappa shape index (κ3) is 2.86. The molecule has 1 aliphatic rings. The number of hydrogen-bond acceptors (Lipinski definition) is 6. The molecule has 7 nitrogen and oxygen atoms in total. The molecule has 1 atom stereocenters. The number of nitrogens with one attached hydrogen (secondary N) is 1. The molecule has 0 aromatic carbocycles. The van der Waals surface area contributed by atoms with E-state index < -0.39 is 4.92 Å². The minimum absolute atomic E-state index is 0.0471. The quantitative estimate of drug-likeness (QED) is 0.616. The summed E-state index contributed by atoms with van der Waals surface area (Å²) in [6.07, 6.45) is 2.21. The first-order chi connectivity index (χ1) is 8.56. The lowest BCUT2D eigenvalue weighted by Crippen LogP contribution is -2.39. The summed E-state index contributed by atoms with van der Waals surface area (Å²) in [6, 6.07) is 3.30. The molecule has 1 aliphatic heterocycles. The second-order valence-corrected chi connectivity index (χ2v) is 4.60. The van der Waals surface area contributed by atoms with Crippen molar-refractivity contribution in [2.24, 2.45) is 0 Å². The molecule has 0 amide bonds. The van der Waals surface area contributed by atoms with Gasteiger partial charge in [0.2, 0.25) is 5.82 Å². The van der Waals surface area contributed by atoms with Crippen LogP contribution in [0.3, 0.4) is 0 Å². The van der Waals surface area contributed by atoms with Crippen LogP contribution in [0.4, 0.5) is 17.3 Å². The van der Waals surface area contributed by atoms with Gasteiger partial charge in [0, 0.05) is 18.7 Å². The first-order valence-electron chi connectivity index (χ1n) is 5.92. The van der Waals surface area contributed by atoms with Gasteiger partial charge in [-0.3, -0.25) is 10.1 Å². The Morgan fingerprint density at radius 1 is 1.61 bits per heavy atom. The van der Waals surface area contributed by atoms with Gasteiger partial charge in [-0.05, 0) is 32.5 Å². The molecule has 98 valence electrons. The Balaban J connectivity index is 2.05. The fourth-order valence-corrected chi connectivity index (χ4v) is 2.20. The second kappa shape index (κ2) is 5.18. The highest BCUT2D eigenvalue weighted by Crippen LogP contribution is 2.22. The maximum Gasteiger partial charge on any atom is 0.311 e. The molecular weight excluding hydrogens is 234 g/mol. The summed E-state index contributed by atoms with van der Waals surface area (Å²) in [5.74, 6) is 0.549. The molecular formula is C11H17N5O2. The molecule has 3 N–H and O–H groups in total. The van der Waals surface area contributed by atoms with Gasteiger partial charge < -0.3 is 16.0 Å². The second-order valence-electron chi connectivity index (χ2n) is 4.60. The molecule has 7 heteroatoms. The van der Waals surface area contributed by atoms with E-state index in [0.717, 1.165) is 25.9 Å². The molecule has 0 bridgehead atoms. The monoisotopic (exact) mass is 251 g/mol. The molecule has 18 heavy (non-hydrogen) atoms. The average Bonchev–Trinajstić information content (AvgIpc) is 2.28. The van der Waals surface area contributed by atoms with Crippen LogP contribution in [0.1, 0.15) is 12.8 Å². The smallest absolute Gasteiger partial charge is 0.311 e. The number of nitro groups is 1. The zero-order valence-electron chi connectivity index (χ0n) is 10.3. The van der Waals surface area contributed by atoms with Crippen molar-refractivity contribution in [2.75, 3.05) is 31.2 Å². The Morgan fingerprint density at radius 3 is 3.00 bits per heavy atom. The predicted octanol–water partition coefficient (Wildman–Crippen LogP) is 1.08. The lowest BCUT2D eigenvalue weighted by molar-refractivity contribution is -0.384. The lowest BCUT2D eigenvalue weighted by atomic mass is 10.1. The SMILES string of the molecule is CN1CCCC(Nc2ccc([N+](=O)[O-])c(N)n2)C1. The number of nitrogen functional groups attached to an aromatic ring is 1. The lowest BCUT2D eigenvalue weighted by Gasteiger charge is -2.30. The van der Waals surface area contributed by atoms with Crippen LogP contribution in [0.15, 0.2) is 12.1 Å². The molecule has 1 fully saturated rings. The summed E-state index contributed by atoms with van der Waals surface area (Å²) in [4.78, 5) is 16.4. The van der Waals surface area contributed by atoms with Crippen LogP contribution in [-0.4, -0.2) is 41.0 Å². The Hall–Kier alpha value is -1.89. The highest BCUT2D eigenvalue weighted by atomic mass is 16.6. The molecule has 1 aromatic rings. The molecule has 2 heterocycles. The number of anilines is 2. The molecule has 1 aromatic heterocycles. The fourth-order valence-electron chi connectivity index (χ4n) is 2.20. The number of nitrogens with two attached hydrogens (primary N) is 1. The number of pyridine rings is 1. The Labute approximate surface area is 105 Å². The van der Waals surface area contributed by atoms with E-state index in [1.165, 1.54) is 6.07 Å². The van der Waals surface area contributed by atoms with Gasteiger partial charge in [0.05, 0.1) is 4.92 Å². The van der Waals surface area contributed by atoms with Crippen molar-refractivity contribution in [1.29, 1.82) is 0 Å². The van der Waals surface area contributed by atoms with Gasteiger partial charge in [-0.1, -0.05) is 0 Å². The third-order valence-corrected chi connectivity index (χ3v) is 3.08. The summed E-state index contributed by atoms with van der Waals surface area (Å²) >= 11 is 0. The fraction of sp³-hybridized carbons (Fsp3) is 0.545. The number of hydrogen-bond donors (Lipinski definition) is 2. The highest BCUT2D eigenvalue weighted by Gasteiger charge is 2.18. The molecule has 0 aliphatic carbocycles. The normalized spacial score (nSPS) is 20.6. The van der Waals surface area contributed by atoms with E-state index in [2.05, 4.69) is 22.2 Å². The molecule has 0 saturated carbocycles. The Kier molecular flexibility index (Phi) is 3.61. The van der Waals surface area contributed by atoms with Crippen LogP contribution in [-0.2, 0) is 0 Å². The molecule has 0 spiro atoms. The summed E-state index contributed by atoms with van der Waals surface area (Å²) in [5, 5.41) is 13.9. The molecule has 0 radical (unpaired) electrons. The van der Waals surface area contributed by atoms with Crippen LogP contribution >= 0.6 is 0 Å². The van der Waals surface area contributed by atoms with Gasteiger partial charge in [-0.2, -0.15) is 0 Å². The van der Waals surface area contributed by atoms with Crippen LogP contribution in [0.2, 0.25) is 0 Å². The molecule has 1 saturated heterocycles. The number of aromatic nitrogens is 1. The van der Waals surface area contributed by atoms with E-state index in [0.29, 0.717) is 11.9 Å².